The van der Waals surface area contributed by atoms with Crippen LogP contribution in [0.2, 0.25) is 10.0 Å². The minimum Gasteiger partial charge on any atom is -0.493 e. The van der Waals surface area contributed by atoms with Crippen molar-refractivity contribution in [2.24, 2.45) is 0 Å². The quantitative estimate of drug-likeness (QED) is 0.485. The van der Waals surface area contributed by atoms with E-state index in [1.807, 2.05) is 25.1 Å². The van der Waals surface area contributed by atoms with E-state index >= 15 is 0 Å². The highest BCUT2D eigenvalue weighted by molar-refractivity contribution is 9.10. The number of methoxy groups -OCH3 is 1. The van der Waals surface area contributed by atoms with Gasteiger partial charge < -0.3 is 14.8 Å². The van der Waals surface area contributed by atoms with E-state index in [-0.39, 0.29) is 0 Å². The number of aryl methyl sites for hydroxylation is 1. The summed E-state index contributed by atoms with van der Waals surface area (Å²) >= 11 is 15.7. The van der Waals surface area contributed by atoms with Crippen LogP contribution in [0.5, 0.6) is 11.5 Å². The zero-order valence-electron chi connectivity index (χ0n) is 15.2. The normalized spacial score (nSPS) is 10.8. The first-order valence-corrected chi connectivity index (χ1v) is 10.0. The maximum atomic E-state index is 6.10. The Morgan fingerprint density at radius 1 is 1.18 bits per heavy atom. The zero-order chi connectivity index (χ0) is 20.1. The molecule has 3 rings (SSSR count). The van der Waals surface area contributed by atoms with Gasteiger partial charge in [-0.15, -0.1) is 0 Å². The lowest BCUT2D eigenvalue weighted by atomic mass is 10.1. The van der Waals surface area contributed by atoms with Crippen molar-refractivity contribution in [1.82, 2.24) is 20.2 Å². The third kappa shape index (κ3) is 4.68. The van der Waals surface area contributed by atoms with Crippen molar-refractivity contribution < 1.29 is 9.47 Å². The fourth-order valence-electron chi connectivity index (χ4n) is 2.56. The molecule has 7 nitrogen and oxygen atoms in total. The molecule has 0 saturated heterocycles. The molecule has 1 N–H and O–H groups in total. The molecular formula is C18H18BrCl2N5O2. The molecule has 0 bridgehead atoms. The summed E-state index contributed by atoms with van der Waals surface area (Å²) in [5.41, 5.74) is 1.77. The van der Waals surface area contributed by atoms with Gasteiger partial charge in [0.25, 0.3) is 0 Å². The summed E-state index contributed by atoms with van der Waals surface area (Å²) in [5.74, 6) is 1.81. The number of tetrazole rings is 1. The number of rotatable bonds is 8. The molecule has 0 saturated carbocycles. The summed E-state index contributed by atoms with van der Waals surface area (Å²) in [4.78, 5) is 0. The van der Waals surface area contributed by atoms with Crippen molar-refractivity contribution in [1.29, 1.82) is 0 Å². The standard InChI is InChI=1S/C18H18BrCl2N5O2/c1-3-26-18(23-24-25-26)22-9-12-13(19)5-7-16(27-2)17(12)28-10-11-4-6-14(20)15(21)8-11/h4-8H,3,9-10H2,1-2H3,(H,22,23,25). The summed E-state index contributed by atoms with van der Waals surface area (Å²) in [7, 11) is 1.60. The van der Waals surface area contributed by atoms with Gasteiger partial charge >= 0.3 is 0 Å². The molecule has 10 heteroatoms. The zero-order valence-corrected chi connectivity index (χ0v) is 18.3. The second-order valence-electron chi connectivity index (χ2n) is 5.77. The van der Waals surface area contributed by atoms with E-state index in [0.29, 0.717) is 47.2 Å². The van der Waals surface area contributed by atoms with Crippen LogP contribution in [0.15, 0.2) is 34.8 Å². The molecule has 0 spiro atoms. The van der Waals surface area contributed by atoms with Gasteiger partial charge in [-0.25, -0.2) is 4.68 Å². The largest absolute Gasteiger partial charge is 0.493 e. The van der Waals surface area contributed by atoms with Gasteiger partial charge in [0.15, 0.2) is 11.5 Å². The second-order valence-corrected chi connectivity index (χ2v) is 7.44. The molecule has 1 aromatic heterocycles. The molecule has 3 aromatic rings. The minimum absolute atomic E-state index is 0.309. The molecule has 0 aliphatic rings. The molecule has 28 heavy (non-hydrogen) atoms. The second kappa shape index (κ2) is 9.45. The van der Waals surface area contributed by atoms with Gasteiger partial charge in [0.1, 0.15) is 6.61 Å². The van der Waals surface area contributed by atoms with E-state index in [9.17, 15) is 0 Å². The SMILES string of the molecule is CCn1nnnc1NCc1c(Br)ccc(OC)c1OCc1ccc(Cl)c(Cl)c1. The molecule has 2 aromatic carbocycles. The number of benzene rings is 2. The van der Waals surface area contributed by atoms with Crippen molar-refractivity contribution in [2.45, 2.75) is 26.6 Å². The van der Waals surface area contributed by atoms with Crippen LogP contribution >= 0.6 is 39.1 Å². The van der Waals surface area contributed by atoms with Crippen LogP contribution in [0.25, 0.3) is 0 Å². The lowest BCUT2D eigenvalue weighted by Gasteiger charge is -2.17. The number of nitrogens with one attached hydrogen (secondary N) is 1. The van der Waals surface area contributed by atoms with Crippen molar-refractivity contribution in [3.05, 3.63) is 56.0 Å². The molecule has 0 fully saturated rings. The molecule has 0 unspecified atom stereocenters. The molecular weight excluding hydrogens is 469 g/mol. The Kier molecular flexibility index (Phi) is 6.98. The lowest BCUT2D eigenvalue weighted by Crippen LogP contribution is -2.10. The van der Waals surface area contributed by atoms with Gasteiger partial charge in [-0.1, -0.05) is 50.3 Å². The van der Waals surface area contributed by atoms with Crippen LogP contribution in [0.4, 0.5) is 5.95 Å². The first-order valence-electron chi connectivity index (χ1n) is 8.45. The lowest BCUT2D eigenvalue weighted by molar-refractivity contribution is 0.281. The number of nitrogens with zero attached hydrogens (tertiary/aromatic N) is 4. The predicted molar refractivity (Wildman–Crippen MR) is 112 cm³/mol. The molecule has 1 heterocycles. The predicted octanol–water partition coefficient (Wildman–Crippen LogP) is 4.96. The van der Waals surface area contributed by atoms with Crippen molar-refractivity contribution in [3.63, 3.8) is 0 Å². The van der Waals surface area contributed by atoms with Gasteiger partial charge in [0.2, 0.25) is 5.95 Å². The smallest absolute Gasteiger partial charge is 0.243 e. The van der Waals surface area contributed by atoms with Crippen LogP contribution in [0.3, 0.4) is 0 Å². The summed E-state index contributed by atoms with van der Waals surface area (Å²) in [5, 5.41) is 15.8. The molecule has 0 aliphatic carbocycles. The first kappa shape index (κ1) is 20.7. The van der Waals surface area contributed by atoms with Crippen LogP contribution in [-0.2, 0) is 19.7 Å². The number of halogens is 3. The van der Waals surface area contributed by atoms with E-state index in [2.05, 4.69) is 36.8 Å². The van der Waals surface area contributed by atoms with Gasteiger partial charge in [-0.05, 0) is 47.2 Å². The van der Waals surface area contributed by atoms with Gasteiger partial charge in [-0.2, -0.15) is 0 Å². The molecule has 0 amide bonds. The van der Waals surface area contributed by atoms with Gasteiger partial charge in [0, 0.05) is 23.1 Å². The Morgan fingerprint density at radius 3 is 2.71 bits per heavy atom. The third-order valence-electron chi connectivity index (χ3n) is 4.01. The Labute approximate surface area is 181 Å². The fraction of sp³-hybridized carbons (Fsp3) is 0.278. The average molecular weight is 487 g/mol. The number of ether oxygens (including phenoxy) is 2. The topological polar surface area (TPSA) is 74.1 Å². The van der Waals surface area contributed by atoms with E-state index < -0.39 is 0 Å². The highest BCUT2D eigenvalue weighted by Gasteiger charge is 2.16. The first-order chi connectivity index (χ1) is 13.5. The number of anilines is 1. The molecule has 148 valence electrons. The van der Waals surface area contributed by atoms with Crippen molar-refractivity contribution >= 4 is 45.1 Å². The third-order valence-corrected chi connectivity index (χ3v) is 5.49. The van der Waals surface area contributed by atoms with Crippen LogP contribution < -0.4 is 14.8 Å². The Bertz CT molecular complexity index is 967. The number of hydrogen-bond donors (Lipinski definition) is 1. The van der Waals surface area contributed by atoms with E-state index in [4.69, 9.17) is 32.7 Å². The Morgan fingerprint density at radius 2 is 2.00 bits per heavy atom. The van der Waals surface area contributed by atoms with Crippen LogP contribution in [0, 0.1) is 0 Å². The van der Waals surface area contributed by atoms with Crippen LogP contribution in [0.1, 0.15) is 18.1 Å². The van der Waals surface area contributed by atoms with Gasteiger partial charge in [0.05, 0.1) is 17.2 Å². The average Bonchev–Trinajstić information content (AvgIpc) is 3.15. The van der Waals surface area contributed by atoms with Crippen molar-refractivity contribution in [2.75, 3.05) is 12.4 Å². The Balaban J connectivity index is 1.83. The Hall–Kier alpha value is -2.03. The number of aromatic nitrogens is 4. The summed E-state index contributed by atoms with van der Waals surface area (Å²) < 4.78 is 14.1. The van der Waals surface area contributed by atoms with E-state index in [1.54, 1.807) is 23.9 Å². The molecule has 0 atom stereocenters. The maximum absolute atomic E-state index is 6.10. The highest BCUT2D eigenvalue weighted by Crippen LogP contribution is 2.37. The van der Waals surface area contributed by atoms with E-state index in [1.165, 1.54) is 0 Å². The highest BCUT2D eigenvalue weighted by atomic mass is 79.9. The molecule has 0 radical (unpaired) electrons. The summed E-state index contributed by atoms with van der Waals surface area (Å²) in [6.07, 6.45) is 0. The minimum atomic E-state index is 0.309. The van der Waals surface area contributed by atoms with Gasteiger partial charge in [-0.3, -0.25) is 0 Å². The number of hydrogen-bond acceptors (Lipinski definition) is 6. The van der Waals surface area contributed by atoms with Crippen LogP contribution in [-0.4, -0.2) is 27.3 Å². The summed E-state index contributed by atoms with van der Waals surface area (Å²) in [6, 6.07) is 9.14. The van der Waals surface area contributed by atoms with Crippen molar-refractivity contribution in [3.8, 4) is 11.5 Å². The summed E-state index contributed by atoms with van der Waals surface area (Å²) in [6.45, 7) is 3.38. The monoisotopic (exact) mass is 485 g/mol. The molecule has 0 aliphatic heterocycles. The fourth-order valence-corrected chi connectivity index (χ4v) is 3.34. The van der Waals surface area contributed by atoms with E-state index in [0.717, 1.165) is 15.6 Å². The maximum Gasteiger partial charge on any atom is 0.243 e.